The summed E-state index contributed by atoms with van der Waals surface area (Å²) >= 11 is 0. The van der Waals surface area contributed by atoms with Crippen LogP contribution >= 0.6 is 0 Å². The van der Waals surface area contributed by atoms with E-state index in [1.807, 2.05) is 0 Å². The fourth-order valence-electron chi connectivity index (χ4n) is 2.39. The predicted molar refractivity (Wildman–Crippen MR) is 59.0 cm³/mol. The van der Waals surface area contributed by atoms with Gasteiger partial charge in [0.2, 0.25) is 0 Å². The smallest absolute Gasteiger partial charge is 0.0386 e. The lowest BCUT2D eigenvalue weighted by Crippen LogP contribution is -2.50. The normalized spacial score (nSPS) is 27.3. The van der Waals surface area contributed by atoms with Crippen molar-refractivity contribution in [2.75, 3.05) is 19.6 Å². The first-order valence-corrected chi connectivity index (χ1v) is 5.32. The maximum atomic E-state index is 5.58. The number of nitrogens with zero attached hydrogens (tertiary/aromatic N) is 1. The lowest BCUT2D eigenvalue weighted by molar-refractivity contribution is 0.0276. The number of nitrogens with two attached hydrogens (primary N) is 1. The van der Waals surface area contributed by atoms with E-state index in [2.05, 4.69) is 42.2 Å². The zero-order chi connectivity index (χ0) is 9.97. The van der Waals surface area contributed by atoms with E-state index in [0.717, 1.165) is 19.0 Å². The van der Waals surface area contributed by atoms with Gasteiger partial charge in [-0.2, -0.15) is 0 Å². The van der Waals surface area contributed by atoms with E-state index in [0.29, 0.717) is 6.04 Å². The predicted octanol–water partition coefficient (Wildman–Crippen LogP) is 1.64. The van der Waals surface area contributed by atoms with Gasteiger partial charge in [0.25, 0.3) is 0 Å². The molecule has 0 radical (unpaired) electrons. The van der Waals surface area contributed by atoms with Crippen molar-refractivity contribution in [3.05, 3.63) is 35.9 Å². The molecule has 2 rings (SSSR count). The van der Waals surface area contributed by atoms with Gasteiger partial charge in [-0.3, -0.25) is 4.90 Å². The molecular formula is C12H18N2. The summed E-state index contributed by atoms with van der Waals surface area (Å²) in [5.41, 5.74) is 7.01. The van der Waals surface area contributed by atoms with E-state index in [1.54, 1.807) is 0 Å². The van der Waals surface area contributed by atoms with Gasteiger partial charge >= 0.3 is 0 Å². The average molecular weight is 190 g/mol. The van der Waals surface area contributed by atoms with Gasteiger partial charge in [-0.05, 0) is 11.5 Å². The molecule has 14 heavy (non-hydrogen) atoms. The minimum Gasteiger partial charge on any atom is -0.329 e. The minimum atomic E-state index is 0.597. The van der Waals surface area contributed by atoms with Crippen LogP contribution in [0, 0.1) is 5.92 Å². The third-order valence-electron chi connectivity index (χ3n) is 3.01. The molecule has 1 aromatic rings. The molecule has 2 nitrogen and oxygen atoms in total. The molecule has 2 atom stereocenters. The Morgan fingerprint density at radius 3 is 2.64 bits per heavy atom. The largest absolute Gasteiger partial charge is 0.329 e. The second-order valence-corrected chi connectivity index (χ2v) is 4.12. The third kappa shape index (κ3) is 1.68. The lowest BCUT2D eigenvalue weighted by atomic mass is 9.85. The Balaban J connectivity index is 2.09. The number of hydrogen-bond donors (Lipinski definition) is 1. The van der Waals surface area contributed by atoms with Crippen molar-refractivity contribution in [1.82, 2.24) is 4.90 Å². The first kappa shape index (κ1) is 9.69. The van der Waals surface area contributed by atoms with Gasteiger partial charge in [-0.15, -0.1) is 0 Å². The molecule has 1 aromatic carbocycles. The van der Waals surface area contributed by atoms with E-state index in [9.17, 15) is 0 Å². The number of rotatable bonds is 3. The molecule has 0 bridgehead atoms. The van der Waals surface area contributed by atoms with Crippen LogP contribution in [0.4, 0.5) is 0 Å². The van der Waals surface area contributed by atoms with Crippen LogP contribution in [0.3, 0.4) is 0 Å². The van der Waals surface area contributed by atoms with Crippen LogP contribution in [-0.2, 0) is 0 Å². The van der Waals surface area contributed by atoms with Gasteiger partial charge in [0.1, 0.15) is 0 Å². The minimum absolute atomic E-state index is 0.597. The summed E-state index contributed by atoms with van der Waals surface area (Å²) in [6.45, 7) is 5.28. The van der Waals surface area contributed by atoms with Crippen LogP contribution in [0.25, 0.3) is 0 Å². The summed E-state index contributed by atoms with van der Waals surface area (Å²) in [5.74, 6) is 0.768. The van der Waals surface area contributed by atoms with Crippen molar-refractivity contribution in [1.29, 1.82) is 0 Å². The molecule has 1 fully saturated rings. The van der Waals surface area contributed by atoms with Crippen LogP contribution in [0.15, 0.2) is 30.3 Å². The van der Waals surface area contributed by atoms with Crippen molar-refractivity contribution in [2.45, 2.75) is 13.0 Å². The zero-order valence-corrected chi connectivity index (χ0v) is 8.69. The quantitative estimate of drug-likeness (QED) is 0.785. The van der Waals surface area contributed by atoms with Crippen LogP contribution in [0.1, 0.15) is 18.5 Å². The van der Waals surface area contributed by atoms with Gasteiger partial charge < -0.3 is 5.73 Å². The number of benzene rings is 1. The van der Waals surface area contributed by atoms with E-state index in [1.165, 1.54) is 12.1 Å². The Morgan fingerprint density at radius 1 is 1.36 bits per heavy atom. The van der Waals surface area contributed by atoms with Gasteiger partial charge in [0.05, 0.1) is 0 Å². The third-order valence-corrected chi connectivity index (χ3v) is 3.01. The molecule has 2 unspecified atom stereocenters. The Labute approximate surface area is 85.7 Å². The molecule has 76 valence electrons. The summed E-state index contributed by atoms with van der Waals surface area (Å²) in [6, 6.07) is 11.3. The van der Waals surface area contributed by atoms with Gasteiger partial charge in [0, 0.05) is 25.7 Å². The number of hydrogen-bond acceptors (Lipinski definition) is 2. The van der Waals surface area contributed by atoms with Crippen molar-refractivity contribution >= 4 is 0 Å². The highest BCUT2D eigenvalue weighted by atomic mass is 15.2. The van der Waals surface area contributed by atoms with Gasteiger partial charge in [-0.25, -0.2) is 0 Å². The highest BCUT2D eigenvalue weighted by molar-refractivity contribution is 5.22. The van der Waals surface area contributed by atoms with Crippen LogP contribution in [0.2, 0.25) is 0 Å². The summed E-state index contributed by atoms with van der Waals surface area (Å²) in [4.78, 5) is 2.46. The Hall–Kier alpha value is -0.860. The molecule has 2 heteroatoms. The van der Waals surface area contributed by atoms with Crippen molar-refractivity contribution in [3.63, 3.8) is 0 Å². The van der Waals surface area contributed by atoms with E-state index in [4.69, 9.17) is 5.73 Å². The molecular weight excluding hydrogens is 172 g/mol. The van der Waals surface area contributed by atoms with E-state index >= 15 is 0 Å². The van der Waals surface area contributed by atoms with E-state index in [-0.39, 0.29) is 0 Å². The molecule has 1 saturated heterocycles. The summed E-state index contributed by atoms with van der Waals surface area (Å²) in [7, 11) is 0. The molecule has 0 amide bonds. The fraction of sp³-hybridized carbons (Fsp3) is 0.500. The Kier molecular flexibility index (Phi) is 2.85. The SMILES string of the molecule is CC1CN(CCN)C1c1ccccc1. The standard InChI is InChI=1S/C12H18N2/c1-10-9-14(8-7-13)12(10)11-5-3-2-4-6-11/h2-6,10,12H,7-9,13H2,1H3. The maximum absolute atomic E-state index is 5.58. The van der Waals surface area contributed by atoms with Crippen LogP contribution in [0.5, 0.6) is 0 Å². The lowest BCUT2D eigenvalue weighted by Gasteiger charge is -2.47. The molecule has 0 spiro atoms. The van der Waals surface area contributed by atoms with E-state index < -0.39 is 0 Å². The second kappa shape index (κ2) is 4.11. The molecule has 0 aromatic heterocycles. The number of likely N-dealkylation sites (tertiary alicyclic amines) is 1. The molecule has 1 heterocycles. The van der Waals surface area contributed by atoms with Crippen molar-refractivity contribution in [2.24, 2.45) is 11.7 Å². The molecule has 0 saturated carbocycles. The monoisotopic (exact) mass is 190 g/mol. The summed E-state index contributed by atoms with van der Waals surface area (Å²) in [5, 5.41) is 0. The Bertz CT molecular complexity index is 282. The van der Waals surface area contributed by atoms with Crippen molar-refractivity contribution in [3.8, 4) is 0 Å². The Morgan fingerprint density at radius 2 is 2.07 bits per heavy atom. The molecule has 1 aliphatic heterocycles. The van der Waals surface area contributed by atoms with Crippen LogP contribution in [-0.4, -0.2) is 24.5 Å². The first-order valence-electron chi connectivity index (χ1n) is 5.32. The van der Waals surface area contributed by atoms with Gasteiger partial charge in [-0.1, -0.05) is 37.3 Å². The zero-order valence-electron chi connectivity index (χ0n) is 8.69. The second-order valence-electron chi connectivity index (χ2n) is 4.12. The summed E-state index contributed by atoms with van der Waals surface area (Å²) < 4.78 is 0. The van der Waals surface area contributed by atoms with Crippen LogP contribution < -0.4 is 5.73 Å². The summed E-state index contributed by atoms with van der Waals surface area (Å²) in [6.07, 6.45) is 0. The average Bonchev–Trinajstić information content (AvgIpc) is 2.19. The molecule has 1 aliphatic rings. The molecule has 0 aliphatic carbocycles. The first-order chi connectivity index (χ1) is 6.83. The maximum Gasteiger partial charge on any atom is 0.0386 e. The molecule has 2 N–H and O–H groups in total. The highest BCUT2D eigenvalue weighted by Gasteiger charge is 2.35. The van der Waals surface area contributed by atoms with Gasteiger partial charge in [0.15, 0.2) is 0 Å². The van der Waals surface area contributed by atoms with Crippen molar-refractivity contribution < 1.29 is 0 Å². The fourth-order valence-corrected chi connectivity index (χ4v) is 2.39. The highest BCUT2D eigenvalue weighted by Crippen LogP contribution is 2.37. The topological polar surface area (TPSA) is 29.3 Å².